The minimum Gasteiger partial charge on any atom is -0.366 e. The second-order valence-electron chi connectivity index (χ2n) is 7.71. The molecule has 0 unspecified atom stereocenters. The van der Waals surface area contributed by atoms with E-state index in [1.54, 1.807) is 11.8 Å². The van der Waals surface area contributed by atoms with E-state index >= 15 is 0 Å². The maximum Gasteiger partial charge on any atom is 0.0909 e. The van der Waals surface area contributed by atoms with Crippen LogP contribution in [0.2, 0.25) is 0 Å². The Morgan fingerprint density at radius 1 is 1.17 bits per heavy atom. The number of aliphatic imine (C=N–C) groups is 1. The number of benzene rings is 2. The van der Waals surface area contributed by atoms with E-state index < -0.39 is 0 Å². The second kappa shape index (κ2) is 10.1. The fourth-order valence-electron chi connectivity index (χ4n) is 3.12. The van der Waals surface area contributed by atoms with Crippen molar-refractivity contribution in [2.75, 3.05) is 13.6 Å². The molecule has 0 fully saturated rings. The first kappa shape index (κ1) is 22.4. The summed E-state index contributed by atoms with van der Waals surface area (Å²) in [7, 11) is 2.04. The second-order valence-corrected chi connectivity index (χ2v) is 9.76. The van der Waals surface area contributed by atoms with Crippen LogP contribution >= 0.6 is 23.1 Å². The largest absolute Gasteiger partial charge is 0.366 e. The summed E-state index contributed by atoms with van der Waals surface area (Å²) in [5, 5.41) is 3.53. The minimum absolute atomic E-state index is 0.943. The molecule has 0 aliphatic carbocycles. The van der Waals surface area contributed by atoms with Crippen molar-refractivity contribution >= 4 is 50.1 Å². The number of fused-ring (bicyclic) bond motifs is 1. The van der Waals surface area contributed by atoms with Crippen LogP contribution in [0.3, 0.4) is 0 Å². The smallest absolute Gasteiger partial charge is 0.0909 e. The highest BCUT2D eigenvalue weighted by atomic mass is 32.2. The lowest BCUT2D eigenvalue weighted by Gasteiger charge is -2.12. The van der Waals surface area contributed by atoms with E-state index in [1.165, 1.54) is 37.2 Å². The van der Waals surface area contributed by atoms with Gasteiger partial charge in [0.1, 0.15) is 0 Å². The van der Waals surface area contributed by atoms with E-state index in [-0.39, 0.29) is 0 Å². The molecule has 4 heteroatoms. The number of allylic oxidation sites excluding steroid dienone is 1. The summed E-state index contributed by atoms with van der Waals surface area (Å²) in [6, 6.07) is 15.2. The van der Waals surface area contributed by atoms with Gasteiger partial charge in [-0.1, -0.05) is 48.2 Å². The first-order valence-electron chi connectivity index (χ1n) is 10.2. The van der Waals surface area contributed by atoms with Crippen LogP contribution in [-0.4, -0.2) is 24.8 Å². The Bertz CT molecular complexity index is 1070. The Kier molecular flexibility index (Phi) is 7.57. The van der Waals surface area contributed by atoms with Crippen molar-refractivity contribution in [2.45, 2.75) is 34.1 Å². The van der Waals surface area contributed by atoms with Crippen LogP contribution in [-0.2, 0) is 6.42 Å². The lowest BCUT2D eigenvalue weighted by molar-refractivity contribution is 0.552. The SMILES string of the molecule is C=C(S/C=C(\C)Cc1cc(C)c(N=CN(C)CC)cc1C)c1cc2ccccc2s1. The quantitative estimate of drug-likeness (QED) is 0.264. The van der Waals surface area contributed by atoms with Crippen LogP contribution in [0.4, 0.5) is 5.69 Å². The van der Waals surface area contributed by atoms with Gasteiger partial charge in [-0.25, -0.2) is 4.99 Å². The molecule has 3 rings (SSSR count). The number of rotatable bonds is 8. The molecule has 0 saturated heterocycles. The third kappa shape index (κ3) is 5.65. The Morgan fingerprint density at radius 3 is 2.67 bits per heavy atom. The predicted octanol–water partition coefficient (Wildman–Crippen LogP) is 7.98. The first-order valence-corrected chi connectivity index (χ1v) is 11.9. The third-order valence-electron chi connectivity index (χ3n) is 5.12. The van der Waals surface area contributed by atoms with Crippen LogP contribution in [0.25, 0.3) is 15.0 Å². The zero-order valence-corrected chi connectivity index (χ0v) is 20.2. The van der Waals surface area contributed by atoms with Gasteiger partial charge in [0.05, 0.1) is 12.0 Å². The lowest BCUT2D eigenvalue weighted by atomic mass is 9.99. The molecule has 0 aliphatic heterocycles. The van der Waals surface area contributed by atoms with Gasteiger partial charge in [-0.15, -0.1) is 11.3 Å². The van der Waals surface area contributed by atoms with Gasteiger partial charge in [-0.2, -0.15) is 0 Å². The van der Waals surface area contributed by atoms with E-state index in [1.807, 2.05) is 24.7 Å². The fraction of sp³-hybridized carbons (Fsp3) is 0.269. The zero-order valence-electron chi connectivity index (χ0n) is 18.5. The Labute approximate surface area is 189 Å². The van der Waals surface area contributed by atoms with Crippen LogP contribution in [0.1, 0.15) is 35.4 Å². The summed E-state index contributed by atoms with van der Waals surface area (Å²) in [5.74, 6) is 0. The third-order valence-corrected chi connectivity index (χ3v) is 7.45. The Balaban J connectivity index is 1.68. The maximum atomic E-state index is 4.64. The molecule has 2 nitrogen and oxygen atoms in total. The summed E-state index contributed by atoms with van der Waals surface area (Å²) < 4.78 is 1.31. The van der Waals surface area contributed by atoms with E-state index in [9.17, 15) is 0 Å². The van der Waals surface area contributed by atoms with Gasteiger partial charge in [0.15, 0.2) is 0 Å². The summed E-state index contributed by atoms with van der Waals surface area (Å²) >= 11 is 3.53. The first-order chi connectivity index (χ1) is 14.4. The summed E-state index contributed by atoms with van der Waals surface area (Å²) in [5.41, 5.74) is 6.24. The van der Waals surface area contributed by atoms with Gasteiger partial charge >= 0.3 is 0 Å². The molecule has 0 N–H and O–H groups in total. The molecular weight excluding hydrogens is 404 g/mol. The van der Waals surface area contributed by atoms with E-state index in [2.05, 4.69) is 92.0 Å². The van der Waals surface area contributed by atoms with Crippen molar-refractivity contribution in [3.63, 3.8) is 0 Å². The van der Waals surface area contributed by atoms with Crippen LogP contribution in [0.15, 0.2) is 65.0 Å². The standard InChI is InChI=1S/C26H30N2S2/c1-7-28(6)17-27-24-14-19(3)23(13-20(24)4)12-18(2)16-29-21(5)26-15-22-10-8-9-11-25(22)30-26/h8-11,13-17H,5,7,12H2,1-4,6H3/b18-16+,27-17?. The molecule has 1 aromatic heterocycles. The normalized spacial score (nSPS) is 12.1. The number of hydrogen-bond acceptors (Lipinski definition) is 3. The van der Waals surface area contributed by atoms with E-state index in [0.29, 0.717) is 0 Å². The van der Waals surface area contributed by atoms with Crippen molar-refractivity contribution in [3.05, 3.63) is 81.6 Å². The Hall–Kier alpha value is -2.30. The van der Waals surface area contributed by atoms with Crippen molar-refractivity contribution in [2.24, 2.45) is 4.99 Å². The van der Waals surface area contributed by atoms with Gasteiger partial charge in [-0.3, -0.25) is 0 Å². The number of thioether (sulfide) groups is 1. The molecule has 2 aromatic carbocycles. The molecule has 3 aromatic rings. The number of nitrogens with zero attached hydrogens (tertiary/aromatic N) is 2. The highest BCUT2D eigenvalue weighted by Gasteiger charge is 2.07. The molecular formula is C26H30N2S2. The number of hydrogen-bond donors (Lipinski definition) is 0. The maximum absolute atomic E-state index is 4.64. The van der Waals surface area contributed by atoms with Crippen molar-refractivity contribution in [1.29, 1.82) is 0 Å². The van der Waals surface area contributed by atoms with Gasteiger partial charge in [-0.05, 0) is 79.8 Å². The average Bonchev–Trinajstić information content (AvgIpc) is 3.17. The van der Waals surface area contributed by atoms with Crippen molar-refractivity contribution in [1.82, 2.24) is 4.90 Å². The summed E-state index contributed by atoms with van der Waals surface area (Å²) in [6.45, 7) is 13.9. The fourth-order valence-corrected chi connectivity index (χ4v) is 4.92. The molecule has 0 aliphatic rings. The van der Waals surface area contributed by atoms with Gasteiger partial charge < -0.3 is 4.90 Å². The highest BCUT2D eigenvalue weighted by Crippen LogP contribution is 2.36. The van der Waals surface area contributed by atoms with Crippen molar-refractivity contribution < 1.29 is 0 Å². The minimum atomic E-state index is 0.943. The molecule has 0 amide bonds. The lowest BCUT2D eigenvalue weighted by Crippen LogP contribution is -2.14. The summed E-state index contributed by atoms with van der Waals surface area (Å²) in [6.07, 6.45) is 2.85. The highest BCUT2D eigenvalue weighted by molar-refractivity contribution is 8.11. The number of thiophene rings is 1. The van der Waals surface area contributed by atoms with Gasteiger partial charge in [0.2, 0.25) is 0 Å². The molecule has 0 bridgehead atoms. The molecule has 0 radical (unpaired) electrons. The topological polar surface area (TPSA) is 15.6 Å². The van der Waals surface area contributed by atoms with Crippen molar-refractivity contribution in [3.8, 4) is 0 Å². The van der Waals surface area contributed by atoms with Gasteiger partial charge in [0.25, 0.3) is 0 Å². The molecule has 30 heavy (non-hydrogen) atoms. The summed E-state index contributed by atoms with van der Waals surface area (Å²) in [4.78, 5) is 9.07. The molecule has 0 atom stereocenters. The van der Waals surface area contributed by atoms with Crippen LogP contribution in [0.5, 0.6) is 0 Å². The number of aryl methyl sites for hydroxylation is 2. The van der Waals surface area contributed by atoms with E-state index in [4.69, 9.17) is 0 Å². The molecule has 0 spiro atoms. The average molecular weight is 435 g/mol. The van der Waals surface area contributed by atoms with E-state index in [0.717, 1.165) is 23.6 Å². The van der Waals surface area contributed by atoms with Gasteiger partial charge in [0, 0.05) is 28.1 Å². The molecule has 156 valence electrons. The van der Waals surface area contributed by atoms with Crippen LogP contribution < -0.4 is 0 Å². The monoisotopic (exact) mass is 434 g/mol. The zero-order chi connectivity index (χ0) is 21.7. The Morgan fingerprint density at radius 2 is 1.93 bits per heavy atom. The predicted molar refractivity (Wildman–Crippen MR) is 138 cm³/mol. The molecule has 0 saturated carbocycles. The molecule has 1 heterocycles. The van der Waals surface area contributed by atoms with Crippen LogP contribution in [0, 0.1) is 13.8 Å².